The number of hydrogen-bond donors (Lipinski definition) is 1. The third kappa shape index (κ3) is 5.23. The Kier molecular flexibility index (Phi) is 6.73. The maximum Gasteiger partial charge on any atom is 0.418 e. The standard InChI is InChI=1S/C31H23F3N2O/c32-31(33,34)27-16-8-15-25-28(26(20-36-29(25)27)30(37)22-11-5-2-6-12-22)23-13-7-14-24(19-23)35-18-17-21-9-3-1-4-10-21/h1-16,19-20,35H,17-18H2. The highest BCUT2D eigenvalue weighted by Gasteiger charge is 2.34. The molecule has 0 saturated heterocycles. The van der Waals surface area contributed by atoms with Crippen LogP contribution >= 0.6 is 0 Å². The first-order valence-electron chi connectivity index (χ1n) is 11.9. The fourth-order valence-corrected chi connectivity index (χ4v) is 4.46. The van der Waals surface area contributed by atoms with E-state index in [0.29, 0.717) is 23.2 Å². The van der Waals surface area contributed by atoms with Crippen LogP contribution in [-0.2, 0) is 12.6 Å². The number of nitrogens with zero attached hydrogens (tertiary/aromatic N) is 1. The zero-order chi connectivity index (χ0) is 25.8. The fraction of sp³-hybridized carbons (Fsp3) is 0.0968. The van der Waals surface area contributed by atoms with E-state index in [1.807, 2.05) is 36.4 Å². The van der Waals surface area contributed by atoms with E-state index < -0.39 is 11.7 Å². The van der Waals surface area contributed by atoms with Crippen molar-refractivity contribution in [2.75, 3.05) is 11.9 Å². The minimum Gasteiger partial charge on any atom is -0.385 e. The van der Waals surface area contributed by atoms with Crippen LogP contribution < -0.4 is 5.32 Å². The Hall–Kier alpha value is -4.45. The molecule has 0 amide bonds. The first-order valence-corrected chi connectivity index (χ1v) is 11.9. The molecular formula is C31H23F3N2O. The van der Waals surface area contributed by atoms with Crippen molar-refractivity contribution in [3.8, 4) is 11.1 Å². The van der Waals surface area contributed by atoms with Gasteiger partial charge in [0.2, 0.25) is 0 Å². The number of carbonyl (C=O) groups excluding carboxylic acids is 1. The third-order valence-electron chi connectivity index (χ3n) is 6.22. The molecule has 0 unspecified atom stereocenters. The molecule has 6 heteroatoms. The Morgan fingerprint density at radius 2 is 1.51 bits per heavy atom. The number of carbonyl (C=O) groups is 1. The van der Waals surface area contributed by atoms with Crippen molar-refractivity contribution in [2.45, 2.75) is 12.6 Å². The summed E-state index contributed by atoms with van der Waals surface area (Å²) in [6.07, 6.45) is -2.50. The van der Waals surface area contributed by atoms with Crippen LogP contribution in [0.3, 0.4) is 0 Å². The Bertz CT molecular complexity index is 1550. The van der Waals surface area contributed by atoms with E-state index in [9.17, 15) is 18.0 Å². The number of anilines is 1. The van der Waals surface area contributed by atoms with Gasteiger partial charge in [0.15, 0.2) is 5.78 Å². The summed E-state index contributed by atoms with van der Waals surface area (Å²) in [6, 6.07) is 30.1. The van der Waals surface area contributed by atoms with Gasteiger partial charge in [0, 0.05) is 40.5 Å². The molecular weight excluding hydrogens is 473 g/mol. The lowest BCUT2D eigenvalue weighted by atomic mass is 9.91. The van der Waals surface area contributed by atoms with Crippen molar-refractivity contribution < 1.29 is 18.0 Å². The fourth-order valence-electron chi connectivity index (χ4n) is 4.46. The van der Waals surface area contributed by atoms with Gasteiger partial charge < -0.3 is 5.32 Å². The van der Waals surface area contributed by atoms with Crippen molar-refractivity contribution in [3.63, 3.8) is 0 Å². The first kappa shape index (κ1) is 24.3. The van der Waals surface area contributed by atoms with E-state index in [4.69, 9.17) is 0 Å². The monoisotopic (exact) mass is 496 g/mol. The molecule has 0 saturated carbocycles. The van der Waals surface area contributed by atoms with Gasteiger partial charge in [-0.1, -0.05) is 84.9 Å². The molecule has 0 atom stereocenters. The van der Waals surface area contributed by atoms with Crippen LogP contribution in [0.5, 0.6) is 0 Å². The van der Waals surface area contributed by atoms with E-state index in [1.54, 1.807) is 42.5 Å². The molecule has 37 heavy (non-hydrogen) atoms. The SMILES string of the molecule is O=C(c1ccccc1)c1cnc2c(C(F)(F)F)cccc2c1-c1cccc(NCCc2ccccc2)c1. The zero-order valence-corrected chi connectivity index (χ0v) is 19.8. The molecule has 3 nitrogen and oxygen atoms in total. The van der Waals surface area contributed by atoms with Gasteiger partial charge in [-0.15, -0.1) is 0 Å². The summed E-state index contributed by atoms with van der Waals surface area (Å²) in [7, 11) is 0. The number of ketones is 1. The molecule has 0 spiro atoms. The number of aromatic nitrogens is 1. The number of alkyl halides is 3. The number of pyridine rings is 1. The van der Waals surface area contributed by atoms with E-state index in [2.05, 4.69) is 22.4 Å². The molecule has 0 aliphatic heterocycles. The predicted octanol–water partition coefficient (Wildman–Crippen LogP) is 7.81. The Morgan fingerprint density at radius 1 is 0.811 bits per heavy atom. The van der Waals surface area contributed by atoms with Crippen LogP contribution in [0.25, 0.3) is 22.0 Å². The summed E-state index contributed by atoms with van der Waals surface area (Å²) < 4.78 is 41.4. The molecule has 4 aromatic carbocycles. The maximum atomic E-state index is 13.8. The van der Waals surface area contributed by atoms with Crippen molar-refractivity contribution in [2.24, 2.45) is 0 Å². The number of nitrogens with one attached hydrogen (secondary N) is 1. The van der Waals surface area contributed by atoms with Crippen molar-refractivity contribution >= 4 is 22.4 Å². The van der Waals surface area contributed by atoms with Gasteiger partial charge in [-0.25, -0.2) is 0 Å². The topological polar surface area (TPSA) is 42.0 Å². The number of para-hydroxylation sites is 1. The number of hydrogen-bond acceptors (Lipinski definition) is 3. The van der Waals surface area contributed by atoms with Crippen LogP contribution in [0.2, 0.25) is 0 Å². The van der Waals surface area contributed by atoms with Gasteiger partial charge >= 0.3 is 6.18 Å². The Balaban J connectivity index is 1.60. The van der Waals surface area contributed by atoms with Gasteiger partial charge in [0.1, 0.15) is 0 Å². The minimum absolute atomic E-state index is 0.183. The van der Waals surface area contributed by atoms with Gasteiger partial charge in [-0.2, -0.15) is 13.2 Å². The second-order valence-electron chi connectivity index (χ2n) is 8.68. The molecule has 0 aliphatic rings. The zero-order valence-electron chi connectivity index (χ0n) is 19.8. The van der Waals surface area contributed by atoms with Crippen molar-refractivity contribution in [3.05, 3.63) is 132 Å². The molecule has 1 N–H and O–H groups in total. The summed E-state index contributed by atoms with van der Waals surface area (Å²) in [5, 5.41) is 3.66. The first-order chi connectivity index (χ1) is 17.9. The molecule has 5 aromatic rings. The number of fused-ring (bicyclic) bond motifs is 1. The van der Waals surface area contributed by atoms with E-state index in [-0.39, 0.29) is 22.2 Å². The molecule has 0 bridgehead atoms. The molecule has 5 rings (SSSR count). The number of benzene rings is 4. The summed E-state index contributed by atoms with van der Waals surface area (Å²) >= 11 is 0. The quantitative estimate of drug-likeness (QED) is 0.234. The lowest BCUT2D eigenvalue weighted by molar-refractivity contribution is -0.136. The summed E-state index contributed by atoms with van der Waals surface area (Å²) in [5.74, 6) is -0.301. The largest absolute Gasteiger partial charge is 0.418 e. The maximum absolute atomic E-state index is 13.8. The summed E-state index contributed by atoms with van der Waals surface area (Å²) in [4.78, 5) is 17.6. The average molecular weight is 497 g/mol. The summed E-state index contributed by atoms with van der Waals surface area (Å²) in [6.45, 7) is 0.679. The Morgan fingerprint density at radius 3 is 2.24 bits per heavy atom. The molecule has 0 aliphatic carbocycles. The summed E-state index contributed by atoms with van der Waals surface area (Å²) in [5.41, 5.74) is 2.74. The molecule has 184 valence electrons. The normalized spacial score (nSPS) is 11.4. The minimum atomic E-state index is -4.57. The van der Waals surface area contributed by atoms with Crippen LogP contribution in [0.15, 0.2) is 109 Å². The highest BCUT2D eigenvalue weighted by Crippen LogP contribution is 2.39. The second kappa shape index (κ2) is 10.3. The van der Waals surface area contributed by atoms with Gasteiger partial charge in [-0.05, 0) is 35.7 Å². The number of rotatable bonds is 7. The van der Waals surface area contributed by atoms with E-state index in [0.717, 1.165) is 18.2 Å². The molecule has 1 heterocycles. The highest BCUT2D eigenvalue weighted by atomic mass is 19.4. The smallest absolute Gasteiger partial charge is 0.385 e. The van der Waals surface area contributed by atoms with Gasteiger partial charge in [-0.3, -0.25) is 9.78 Å². The van der Waals surface area contributed by atoms with Gasteiger partial charge in [0.05, 0.1) is 11.1 Å². The van der Waals surface area contributed by atoms with Crippen LogP contribution in [0.1, 0.15) is 27.0 Å². The van der Waals surface area contributed by atoms with Crippen LogP contribution in [0.4, 0.5) is 18.9 Å². The van der Waals surface area contributed by atoms with Gasteiger partial charge in [0.25, 0.3) is 0 Å². The van der Waals surface area contributed by atoms with Crippen LogP contribution in [-0.4, -0.2) is 17.3 Å². The highest BCUT2D eigenvalue weighted by molar-refractivity contribution is 6.16. The predicted molar refractivity (Wildman–Crippen MR) is 141 cm³/mol. The van der Waals surface area contributed by atoms with Crippen LogP contribution in [0, 0.1) is 0 Å². The van der Waals surface area contributed by atoms with E-state index in [1.165, 1.54) is 17.8 Å². The average Bonchev–Trinajstić information content (AvgIpc) is 2.92. The van der Waals surface area contributed by atoms with Crippen molar-refractivity contribution in [1.82, 2.24) is 4.98 Å². The molecule has 0 radical (unpaired) electrons. The molecule has 1 aromatic heterocycles. The lowest BCUT2D eigenvalue weighted by Gasteiger charge is -2.16. The van der Waals surface area contributed by atoms with E-state index >= 15 is 0 Å². The third-order valence-corrected chi connectivity index (χ3v) is 6.22. The van der Waals surface area contributed by atoms with Crippen molar-refractivity contribution in [1.29, 1.82) is 0 Å². The Labute approximate surface area is 212 Å². The second-order valence-corrected chi connectivity index (χ2v) is 8.68. The molecule has 0 fully saturated rings. The number of halogens is 3. The lowest BCUT2D eigenvalue weighted by Crippen LogP contribution is -2.10.